The first-order chi connectivity index (χ1) is 10.2. The molecule has 0 heterocycles. The third-order valence-electron chi connectivity index (χ3n) is 3.16. The Morgan fingerprint density at radius 2 is 1.86 bits per heavy atom. The van der Waals surface area contributed by atoms with Crippen LogP contribution in [0.1, 0.15) is 15.9 Å². The Balaban J connectivity index is 2.15. The van der Waals surface area contributed by atoms with Gasteiger partial charge in [-0.1, -0.05) is 18.2 Å². The van der Waals surface area contributed by atoms with E-state index < -0.39 is 0 Å². The van der Waals surface area contributed by atoms with Crippen molar-refractivity contribution in [3.05, 3.63) is 53.6 Å². The van der Waals surface area contributed by atoms with E-state index in [1.54, 1.807) is 32.4 Å². The quantitative estimate of drug-likeness (QED) is 0.597. The van der Waals surface area contributed by atoms with Crippen molar-refractivity contribution in [2.75, 3.05) is 20.0 Å². The summed E-state index contributed by atoms with van der Waals surface area (Å²) in [6.07, 6.45) is 0. The molecule has 0 spiro atoms. The number of carbonyl (C=O) groups excluding carboxylic acids is 1. The first-order valence-corrected chi connectivity index (χ1v) is 7.58. The van der Waals surface area contributed by atoms with Gasteiger partial charge in [0.05, 0.1) is 25.5 Å². The predicted octanol–water partition coefficient (Wildman–Crippen LogP) is 3.99. The van der Waals surface area contributed by atoms with Gasteiger partial charge in [-0.2, -0.15) is 0 Å². The van der Waals surface area contributed by atoms with Crippen LogP contribution in [0.25, 0.3) is 0 Å². The van der Waals surface area contributed by atoms with Crippen LogP contribution in [-0.2, 0) is 0 Å². The standard InChI is InChI=1S/C17H18O3S/c1-12-6-4-5-7-17(12)21-11-15(18)14-10-13(19-2)8-9-16(14)20-3/h4-10H,11H2,1-3H3. The molecule has 0 N–H and O–H groups in total. The van der Waals surface area contributed by atoms with E-state index in [1.807, 2.05) is 31.2 Å². The van der Waals surface area contributed by atoms with Crippen molar-refractivity contribution >= 4 is 17.5 Å². The highest BCUT2D eigenvalue weighted by Gasteiger charge is 2.14. The minimum Gasteiger partial charge on any atom is -0.497 e. The lowest BCUT2D eigenvalue weighted by Gasteiger charge is -2.10. The summed E-state index contributed by atoms with van der Waals surface area (Å²) in [7, 11) is 3.14. The van der Waals surface area contributed by atoms with Gasteiger partial charge in [-0.25, -0.2) is 0 Å². The Kier molecular flexibility index (Phi) is 5.28. The van der Waals surface area contributed by atoms with Crippen molar-refractivity contribution < 1.29 is 14.3 Å². The number of rotatable bonds is 6. The Morgan fingerprint density at radius 3 is 2.52 bits per heavy atom. The third kappa shape index (κ3) is 3.79. The fourth-order valence-electron chi connectivity index (χ4n) is 1.97. The molecule has 110 valence electrons. The minimum atomic E-state index is 0.0269. The number of hydrogen-bond acceptors (Lipinski definition) is 4. The highest BCUT2D eigenvalue weighted by Crippen LogP contribution is 2.28. The summed E-state index contributed by atoms with van der Waals surface area (Å²) in [5.41, 5.74) is 1.73. The van der Waals surface area contributed by atoms with E-state index in [4.69, 9.17) is 9.47 Å². The zero-order valence-corrected chi connectivity index (χ0v) is 13.2. The number of aryl methyl sites for hydroxylation is 1. The van der Waals surface area contributed by atoms with Crippen LogP contribution in [0.2, 0.25) is 0 Å². The molecule has 0 aliphatic heterocycles. The Bertz CT molecular complexity index is 638. The molecule has 0 atom stereocenters. The lowest BCUT2D eigenvalue weighted by atomic mass is 10.1. The van der Waals surface area contributed by atoms with E-state index in [-0.39, 0.29) is 5.78 Å². The van der Waals surface area contributed by atoms with Gasteiger partial charge in [0.25, 0.3) is 0 Å². The van der Waals surface area contributed by atoms with Crippen molar-refractivity contribution in [3.8, 4) is 11.5 Å². The molecule has 0 aliphatic carbocycles. The topological polar surface area (TPSA) is 35.5 Å². The Morgan fingerprint density at radius 1 is 1.10 bits per heavy atom. The van der Waals surface area contributed by atoms with Crippen LogP contribution in [-0.4, -0.2) is 25.8 Å². The summed E-state index contributed by atoms with van der Waals surface area (Å²) in [5, 5.41) is 0. The van der Waals surface area contributed by atoms with Gasteiger partial charge in [-0.3, -0.25) is 4.79 Å². The first-order valence-electron chi connectivity index (χ1n) is 6.59. The first kappa shape index (κ1) is 15.4. The van der Waals surface area contributed by atoms with Gasteiger partial charge in [-0.15, -0.1) is 11.8 Å². The number of ether oxygens (including phenoxy) is 2. The molecule has 0 aromatic heterocycles. The molecule has 0 saturated carbocycles. The van der Waals surface area contributed by atoms with Crippen LogP contribution < -0.4 is 9.47 Å². The zero-order valence-electron chi connectivity index (χ0n) is 12.4. The molecule has 3 nitrogen and oxygen atoms in total. The molecular weight excluding hydrogens is 284 g/mol. The summed E-state index contributed by atoms with van der Waals surface area (Å²) >= 11 is 1.54. The smallest absolute Gasteiger partial charge is 0.176 e. The molecule has 0 unspecified atom stereocenters. The monoisotopic (exact) mass is 302 g/mol. The summed E-state index contributed by atoms with van der Waals surface area (Å²) in [4.78, 5) is 13.5. The van der Waals surface area contributed by atoms with Crippen LogP contribution in [0.15, 0.2) is 47.4 Å². The SMILES string of the molecule is COc1ccc(OC)c(C(=O)CSc2ccccc2C)c1. The molecule has 0 amide bonds. The lowest BCUT2D eigenvalue weighted by Crippen LogP contribution is -2.05. The molecule has 0 radical (unpaired) electrons. The van der Waals surface area contributed by atoms with E-state index in [1.165, 1.54) is 17.3 Å². The van der Waals surface area contributed by atoms with E-state index in [0.29, 0.717) is 22.8 Å². The summed E-state index contributed by atoms with van der Waals surface area (Å²) in [6.45, 7) is 2.04. The van der Waals surface area contributed by atoms with Crippen LogP contribution >= 0.6 is 11.8 Å². The van der Waals surface area contributed by atoms with Crippen molar-refractivity contribution in [1.29, 1.82) is 0 Å². The number of benzene rings is 2. The van der Waals surface area contributed by atoms with Gasteiger partial charge in [0, 0.05) is 4.90 Å². The van der Waals surface area contributed by atoms with Crippen LogP contribution in [0.3, 0.4) is 0 Å². The van der Waals surface area contributed by atoms with Gasteiger partial charge in [-0.05, 0) is 36.8 Å². The molecule has 0 fully saturated rings. The maximum absolute atomic E-state index is 12.4. The zero-order chi connectivity index (χ0) is 15.2. The fourth-order valence-corrected chi connectivity index (χ4v) is 2.88. The molecule has 2 aromatic rings. The summed E-state index contributed by atoms with van der Waals surface area (Å²) in [6, 6.07) is 13.3. The Hall–Kier alpha value is -1.94. The van der Waals surface area contributed by atoms with Gasteiger partial charge < -0.3 is 9.47 Å². The number of Topliss-reactive ketones (excluding diaryl/α,β-unsaturated/α-hetero) is 1. The van der Waals surface area contributed by atoms with Gasteiger partial charge in [0.2, 0.25) is 0 Å². The van der Waals surface area contributed by atoms with Crippen molar-refractivity contribution in [2.24, 2.45) is 0 Å². The van der Waals surface area contributed by atoms with E-state index in [9.17, 15) is 4.79 Å². The van der Waals surface area contributed by atoms with Crippen molar-refractivity contribution in [1.82, 2.24) is 0 Å². The lowest BCUT2D eigenvalue weighted by molar-refractivity contribution is 0.101. The molecular formula is C17H18O3S. The molecule has 4 heteroatoms. The largest absolute Gasteiger partial charge is 0.497 e. The third-order valence-corrected chi connectivity index (χ3v) is 4.34. The normalized spacial score (nSPS) is 10.2. The second kappa shape index (κ2) is 7.18. The van der Waals surface area contributed by atoms with E-state index in [0.717, 1.165) is 4.90 Å². The number of methoxy groups -OCH3 is 2. The van der Waals surface area contributed by atoms with Crippen LogP contribution in [0.4, 0.5) is 0 Å². The fraction of sp³-hybridized carbons (Fsp3) is 0.235. The average molecular weight is 302 g/mol. The van der Waals surface area contributed by atoms with Crippen molar-refractivity contribution in [2.45, 2.75) is 11.8 Å². The van der Waals surface area contributed by atoms with Crippen molar-refractivity contribution in [3.63, 3.8) is 0 Å². The average Bonchev–Trinajstić information content (AvgIpc) is 2.53. The molecule has 0 aliphatic rings. The van der Waals surface area contributed by atoms with Gasteiger partial charge in [0.1, 0.15) is 11.5 Å². The van der Waals surface area contributed by atoms with Crippen LogP contribution in [0.5, 0.6) is 11.5 Å². The summed E-state index contributed by atoms with van der Waals surface area (Å²) in [5.74, 6) is 1.62. The molecule has 0 bridgehead atoms. The maximum Gasteiger partial charge on any atom is 0.176 e. The highest BCUT2D eigenvalue weighted by molar-refractivity contribution is 8.00. The van der Waals surface area contributed by atoms with E-state index in [2.05, 4.69) is 0 Å². The number of thioether (sulfide) groups is 1. The van der Waals surface area contributed by atoms with Crippen LogP contribution in [0, 0.1) is 6.92 Å². The minimum absolute atomic E-state index is 0.0269. The maximum atomic E-state index is 12.4. The molecule has 21 heavy (non-hydrogen) atoms. The number of carbonyl (C=O) groups is 1. The number of hydrogen-bond donors (Lipinski definition) is 0. The predicted molar refractivity (Wildman–Crippen MR) is 85.8 cm³/mol. The molecule has 2 aromatic carbocycles. The van der Waals surface area contributed by atoms with E-state index >= 15 is 0 Å². The number of ketones is 1. The Labute approximate surface area is 129 Å². The second-order valence-corrected chi connectivity index (χ2v) is 5.56. The molecule has 0 saturated heterocycles. The van der Waals surface area contributed by atoms with Gasteiger partial charge in [0.15, 0.2) is 5.78 Å². The second-order valence-electron chi connectivity index (χ2n) is 4.54. The molecule has 2 rings (SSSR count). The highest BCUT2D eigenvalue weighted by atomic mass is 32.2. The summed E-state index contributed by atoms with van der Waals surface area (Å²) < 4.78 is 10.4. The van der Waals surface area contributed by atoms with Gasteiger partial charge >= 0.3 is 0 Å².